The molecule has 1 aromatic carbocycles. The summed E-state index contributed by atoms with van der Waals surface area (Å²) in [6.45, 7) is 5.43. The Bertz CT molecular complexity index is 877. The predicted octanol–water partition coefficient (Wildman–Crippen LogP) is 3.77. The smallest absolute Gasteiger partial charge is 0.132 e. The molecule has 0 saturated carbocycles. The summed E-state index contributed by atoms with van der Waals surface area (Å²) in [6.07, 6.45) is 5.92. The van der Waals surface area contributed by atoms with Crippen molar-refractivity contribution in [3.8, 4) is 0 Å². The van der Waals surface area contributed by atoms with Crippen LogP contribution < -0.4 is 5.32 Å². The van der Waals surface area contributed by atoms with Crippen LogP contribution in [0.15, 0.2) is 54.9 Å². The highest BCUT2D eigenvalue weighted by Gasteiger charge is 2.16. The summed E-state index contributed by atoms with van der Waals surface area (Å²) in [6, 6.07) is 14.5. The molecule has 5 nitrogen and oxygen atoms in total. The van der Waals surface area contributed by atoms with E-state index in [1.165, 1.54) is 10.9 Å². The summed E-state index contributed by atoms with van der Waals surface area (Å²) in [7, 11) is 0. The van der Waals surface area contributed by atoms with E-state index < -0.39 is 0 Å². The Balaban J connectivity index is 1.43. The molecule has 1 aliphatic heterocycles. The molecule has 0 unspecified atom stereocenters. The van der Waals surface area contributed by atoms with Gasteiger partial charge in [0, 0.05) is 50.5 Å². The van der Waals surface area contributed by atoms with Crippen molar-refractivity contribution in [2.75, 3.05) is 37.8 Å². The quantitative estimate of drug-likeness (QED) is 0.695. The van der Waals surface area contributed by atoms with Crippen LogP contribution in [0.25, 0.3) is 10.8 Å². The molecule has 0 bridgehead atoms. The Kier molecular flexibility index (Phi) is 5.34. The highest BCUT2D eigenvalue weighted by atomic mass is 32.2. The lowest BCUT2D eigenvalue weighted by Gasteiger charge is -2.33. The molecular formula is C20H23N5S. The minimum Gasteiger partial charge on any atom is -0.325 e. The second-order valence-electron chi connectivity index (χ2n) is 6.48. The first-order valence-corrected chi connectivity index (χ1v) is 10.1. The maximum Gasteiger partial charge on any atom is 0.132 e. The zero-order valence-electron chi connectivity index (χ0n) is 14.9. The maximum absolute atomic E-state index is 4.50. The Morgan fingerprint density at radius 2 is 1.73 bits per heavy atom. The lowest BCUT2D eigenvalue weighted by atomic mass is 10.2. The van der Waals surface area contributed by atoms with Gasteiger partial charge >= 0.3 is 0 Å². The van der Waals surface area contributed by atoms with E-state index >= 15 is 0 Å². The number of nitrogens with one attached hydrogen (secondary N) is 1. The molecular weight excluding hydrogens is 342 g/mol. The zero-order chi connectivity index (χ0) is 17.8. The van der Waals surface area contributed by atoms with Crippen molar-refractivity contribution in [3.05, 3.63) is 60.4 Å². The molecule has 1 fully saturated rings. The van der Waals surface area contributed by atoms with Crippen LogP contribution in [-0.4, -0.2) is 51.6 Å². The van der Waals surface area contributed by atoms with Crippen LogP contribution in [0.5, 0.6) is 0 Å². The van der Waals surface area contributed by atoms with Gasteiger partial charge in [0.15, 0.2) is 0 Å². The third-order valence-electron chi connectivity index (χ3n) is 4.71. The number of hydrogen-bond acceptors (Lipinski definition) is 6. The van der Waals surface area contributed by atoms with E-state index in [1.54, 1.807) is 0 Å². The number of anilines is 2. The van der Waals surface area contributed by atoms with Gasteiger partial charge in [0.1, 0.15) is 11.6 Å². The minimum absolute atomic E-state index is 0.821. The summed E-state index contributed by atoms with van der Waals surface area (Å²) in [4.78, 5) is 11.4. The molecule has 2 aromatic heterocycles. The fourth-order valence-electron chi connectivity index (χ4n) is 3.25. The predicted molar refractivity (Wildman–Crippen MR) is 110 cm³/mol. The zero-order valence-corrected chi connectivity index (χ0v) is 15.7. The van der Waals surface area contributed by atoms with E-state index in [0.717, 1.165) is 49.7 Å². The van der Waals surface area contributed by atoms with Crippen LogP contribution in [-0.2, 0) is 6.54 Å². The van der Waals surface area contributed by atoms with E-state index in [-0.39, 0.29) is 0 Å². The molecule has 0 spiro atoms. The highest BCUT2D eigenvalue weighted by molar-refractivity contribution is 7.96. The van der Waals surface area contributed by atoms with Crippen molar-refractivity contribution in [2.24, 2.45) is 0 Å². The Morgan fingerprint density at radius 1 is 0.962 bits per heavy atom. The Hall–Kier alpha value is -2.15. The first-order chi connectivity index (χ1) is 12.8. The van der Waals surface area contributed by atoms with Crippen molar-refractivity contribution >= 4 is 34.4 Å². The SMILES string of the molecule is CSN1CCN(Cc2ccnc(Nc3cc4ccccc4cn3)c2)CC1. The van der Waals surface area contributed by atoms with Crippen LogP contribution in [0.3, 0.4) is 0 Å². The van der Waals surface area contributed by atoms with Crippen molar-refractivity contribution in [3.63, 3.8) is 0 Å². The van der Waals surface area contributed by atoms with Crippen molar-refractivity contribution in [2.45, 2.75) is 6.54 Å². The summed E-state index contributed by atoms with van der Waals surface area (Å²) in [5, 5.41) is 5.65. The van der Waals surface area contributed by atoms with Crippen molar-refractivity contribution < 1.29 is 0 Å². The maximum atomic E-state index is 4.50. The topological polar surface area (TPSA) is 44.3 Å². The summed E-state index contributed by atoms with van der Waals surface area (Å²) in [5.41, 5.74) is 1.28. The first kappa shape index (κ1) is 17.3. The third kappa shape index (κ3) is 4.15. The molecule has 26 heavy (non-hydrogen) atoms. The summed E-state index contributed by atoms with van der Waals surface area (Å²) in [5.74, 6) is 1.66. The minimum atomic E-state index is 0.821. The molecule has 6 heteroatoms. The van der Waals surface area contributed by atoms with Gasteiger partial charge in [-0.2, -0.15) is 0 Å². The number of fused-ring (bicyclic) bond motifs is 1. The monoisotopic (exact) mass is 365 g/mol. The van der Waals surface area contributed by atoms with Gasteiger partial charge in [-0.1, -0.05) is 36.2 Å². The summed E-state index contributed by atoms with van der Waals surface area (Å²) < 4.78 is 2.42. The normalized spacial score (nSPS) is 16.0. The Morgan fingerprint density at radius 3 is 2.54 bits per heavy atom. The largest absolute Gasteiger partial charge is 0.325 e. The molecule has 1 saturated heterocycles. The van der Waals surface area contributed by atoms with E-state index in [0.29, 0.717) is 0 Å². The number of rotatable bonds is 5. The molecule has 0 amide bonds. The molecule has 3 heterocycles. The van der Waals surface area contributed by atoms with E-state index in [9.17, 15) is 0 Å². The van der Waals surface area contributed by atoms with E-state index in [2.05, 4.69) is 61.1 Å². The van der Waals surface area contributed by atoms with Gasteiger partial charge in [-0.25, -0.2) is 14.3 Å². The average Bonchev–Trinajstić information content (AvgIpc) is 2.69. The van der Waals surface area contributed by atoms with E-state index in [4.69, 9.17) is 0 Å². The van der Waals surface area contributed by atoms with Gasteiger partial charge in [0.25, 0.3) is 0 Å². The highest BCUT2D eigenvalue weighted by Crippen LogP contribution is 2.20. The van der Waals surface area contributed by atoms with Gasteiger partial charge in [-0.15, -0.1) is 0 Å². The lowest BCUT2D eigenvalue weighted by Crippen LogP contribution is -2.42. The molecule has 134 valence electrons. The molecule has 0 radical (unpaired) electrons. The second kappa shape index (κ2) is 8.03. The fraction of sp³-hybridized carbons (Fsp3) is 0.300. The first-order valence-electron chi connectivity index (χ1n) is 8.88. The number of piperazine rings is 1. The number of nitrogens with zero attached hydrogens (tertiary/aromatic N) is 4. The van der Waals surface area contributed by atoms with Gasteiger partial charge in [0.05, 0.1) is 0 Å². The molecule has 0 aliphatic carbocycles. The van der Waals surface area contributed by atoms with Crippen LogP contribution in [0.1, 0.15) is 5.56 Å². The van der Waals surface area contributed by atoms with Crippen LogP contribution in [0.4, 0.5) is 11.6 Å². The number of hydrogen-bond donors (Lipinski definition) is 1. The van der Waals surface area contributed by atoms with Crippen LogP contribution in [0, 0.1) is 0 Å². The molecule has 0 atom stereocenters. The van der Waals surface area contributed by atoms with Crippen molar-refractivity contribution in [1.82, 2.24) is 19.2 Å². The lowest BCUT2D eigenvalue weighted by molar-refractivity contribution is 0.189. The second-order valence-corrected chi connectivity index (χ2v) is 7.36. The van der Waals surface area contributed by atoms with Gasteiger partial charge < -0.3 is 5.32 Å². The standard InChI is InChI=1S/C20H23N5S/c1-26-25-10-8-24(9-11-25)15-16-6-7-21-19(12-16)23-20-13-17-4-2-3-5-18(17)14-22-20/h2-7,12-14H,8-11,15H2,1H3,(H,21,22,23). The van der Waals surface area contributed by atoms with Crippen LogP contribution in [0.2, 0.25) is 0 Å². The summed E-state index contributed by atoms with van der Waals surface area (Å²) >= 11 is 1.84. The fourth-order valence-corrected chi connectivity index (χ4v) is 3.78. The van der Waals surface area contributed by atoms with Crippen LogP contribution >= 0.6 is 11.9 Å². The van der Waals surface area contributed by atoms with Gasteiger partial charge in [0.2, 0.25) is 0 Å². The third-order valence-corrected chi connectivity index (χ3v) is 5.59. The molecule has 1 N–H and O–H groups in total. The molecule has 3 aromatic rings. The Labute approximate surface area is 158 Å². The van der Waals surface area contributed by atoms with E-state index in [1.807, 2.05) is 36.5 Å². The molecule has 1 aliphatic rings. The van der Waals surface area contributed by atoms with Crippen molar-refractivity contribution in [1.29, 1.82) is 0 Å². The van der Waals surface area contributed by atoms with Gasteiger partial charge in [-0.05, 0) is 35.4 Å². The number of benzene rings is 1. The number of aromatic nitrogens is 2. The average molecular weight is 366 g/mol. The molecule has 4 rings (SSSR count). The number of pyridine rings is 2. The van der Waals surface area contributed by atoms with Gasteiger partial charge in [-0.3, -0.25) is 4.90 Å².